The van der Waals surface area contributed by atoms with Gasteiger partial charge in [-0.25, -0.2) is 0 Å². The van der Waals surface area contributed by atoms with Crippen LogP contribution in [0.4, 0.5) is 0 Å². The van der Waals surface area contributed by atoms with Crippen LogP contribution in [0.25, 0.3) is 0 Å². The molecule has 0 aliphatic carbocycles. The Morgan fingerprint density at radius 1 is 1.14 bits per heavy atom. The molecule has 5 heteroatoms. The van der Waals surface area contributed by atoms with Gasteiger partial charge in [-0.2, -0.15) is 0 Å². The fraction of sp³-hybridized carbons (Fsp3) is 0.625. The molecule has 0 aromatic rings. The van der Waals surface area contributed by atoms with Crippen molar-refractivity contribution in [2.45, 2.75) is 38.4 Å². The van der Waals surface area contributed by atoms with Crippen molar-refractivity contribution < 1.29 is 19.1 Å². The summed E-state index contributed by atoms with van der Waals surface area (Å²) in [6.07, 6.45) is 9.04. The Kier molecular flexibility index (Phi) is 6.14. The van der Waals surface area contributed by atoms with Gasteiger partial charge in [0.15, 0.2) is 18.0 Å². The molecule has 0 spiro atoms. The third-order valence-corrected chi connectivity index (χ3v) is 3.61. The minimum Gasteiger partial charge on any atom is -0.378 e. The molecule has 2 fully saturated rings. The van der Waals surface area contributed by atoms with E-state index in [1.165, 1.54) is 0 Å². The lowest BCUT2D eigenvalue weighted by molar-refractivity contribution is -0.136. The van der Waals surface area contributed by atoms with Crippen molar-refractivity contribution in [2.24, 2.45) is 0 Å². The molecule has 0 saturated carbocycles. The molecule has 0 bridgehead atoms. The van der Waals surface area contributed by atoms with Gasteiger partial charge < -0.3 is 14.4 Å². The summed E-state index contributed by atoms with van der Waals surface area (Å²) in [5, 5.41) is 0. The van der Waals surface area contributed by atoms with Crippen LogP contribution < -0.4 is 0 Å². The van der Waals surface area contributed by atoms with Crippen LogP contribution in [0.5, 0.6) is 0 Å². The van der Waals surface area contributed by atoms with E-state index >= 15 is 0 Å². The van der Waals surface area contributed by atoms with Gasteiger partial charge in [-0.3, -0.25) is 9.59 Å². The number of hydrogen-bond donors (Lipinski definition) is 0. The van der Waals surface area contributed by atoms with E-state index in [0.29, 0.717) is 39.1 Å². The first-order valence-electron chi connectivity index (χ1n) is 7.55. The fourth-order valence-electron chi connectivity index (χ4n) is 2.31. The number of amides is 1. The lowest BCUT2D eigenvalue weighted by Gasteiger charge is -2.26. The predicted molar refractivity (Wildman–Crippen MR) is 78.9 cm³/mol. The lowest BCUT2D eigenvalue weighted by atomic mass is 10.1. The van der Waals surface area contributed by atoms with Gasteiger partial charge in [-0.1, -0.05) is 24.3 Å². The average molecular weight is 293 g/mol. The van der Waals surface area contributed by atoms with E-state index in [9.17, 15) is 9.59 Å². The molecule has 2 aliphatic heterocycles. The Labute approximate surface area is 125 Å². The standard InChI is InChI=1S/C16H23NO4/c1-2-3-4-5-6-7-8-13(18)14-15(21-14)16(19)17-9-11-20-12-10-17/h2-3,5-6,14-15H,4,7-12H2,1H3/b3-2+,6-5-/t14-,15-/m1/s1. The molecule has 0 N–H and O–H groups in total. The number of ketones is 1. The Morgan fingerprint density at radius 3 is 2.62 bits per heavy atom. The molecular weight excluding hydrogens is 270 g/mol. The number of rotatable bonds is 7. The summed E-state index contributed by atoms with van der Waals surface area (Å²) in [4.78, 5) is 25.7. The maximum Gasteiger partial charge on any atom is 0.255 e. The van der Waals surface area contributed by atoms with E-state index in [0.717, 1.165) is 6.42 Å². The molecule has 0 aromatic carbocycles. The number of Topliss-reactive ketones (excluding diaryl/α,β-unsaturated/α-hetero) is 1. The van der Waals surface area contributed by atoms with Gasteiger partial charge >= 0.3 is 0 Å². The normalized spacial score (nSPS) is 25.7. The highest BCUT2D eigenvalue weighted by molar-refractivity contribution is 5.96. The van der Waals surface area contributed by atoms with E-state index in [1.807, 2.05) is 25.2 Å². The quantitative estimate of drug-likeness (QED) is 0.527. The number of hydrogen-bond acceptors (Lipinski definition) is 4. The molecule has 0 radical (unpaired) electrons. The third-order valence-electron chi connectivity index (χ3n) is 3.61. The van der Waals surface area contributed by atoms with E-state index in [-0.39, 0.29) is 11.7 Å². The number of carbonyl (C=O) groups is 2. The first-order valence-corrected chi connectivity index (χ1v) is 7.55. The van der Waals surface area contributed by atoms with Crippen LogP contribution in [0.2, 0.25) is 0 Å². The van der Waals surface area contributed by atoms with E-state index in [1.54, 1.807) is 4.90 Å². The van der Waals surface area contributed by atoms with Crippen molar-refractivity contribution >= 4 is 11.7 Å². The van der Waals surface area contributed by atoms with Crippen molar-refractivity contribution in [2.75, 3.05) is 26.3 Å². The van der Waals surface area contributed by atoms with Gasteiger partial charge in [0.1, 0.15) is 0 Å². The highest BCUT2D eigenvalue weighted by atomic mass is 16.6. The van der Waals surface area contributed by atoms with Crippen LogP contribution in [0.1, 0.15) is 26.2 Å². The van der Waals surface area contributed by atoms with Crippen LogP contribution in [0.3, 0.4) is 0 Å². The monoisotopic (exact) mass is 293 g/mol. The zero-order valence-corrected chi connectivity index (χ0v) is 12.5. The van der Waals surface area contributed by atoms with Crippen molar-refractivity contribution in [3.05, 3.63) is 24.3 Å². The SMILES string of the molecule is C/C=C/C/C=C\CCC(=O)[C@H]1O[C@H]1C(=O)N1CCOCC1. The van der Waals surface area contributed by atoms with Gasteiger partial charge in [0.05, 0.1) is 13.2 Å². The van der Waals surface area contributed by atoms with Gasteiger partial charge in [-0.15, -0.1) is 0 Å². The molecular formula is C16H23NO4. The Bertz CT molecular complexity index is 424. The largest absolute Gasteiger partial charge is 0.378 e. The maximum atomic E-state index is 12.1. The highest BCUT2D eigenvalue weighted by Crippen LogP contribution is 2.27. The van der Waals surface area contributed by atoms with Crippen LogP contribution in [-0.2, 0) is 19.1 Å². The molecule has 0 unspecified atom stereocenters. The molecule has 2 atom stereocenters. The number of nitrogens with zero attached hydrogens (tertiary/aromatic N) is 1. The number of carbonyl (C=O) groups excluding carboxylic acids is 2. The zero-order valence-electron chi connectivity index (χ0n) is 12.5. The molecule has 2 aliphatic rings. The van der Waals surface area contributed by atoms with Gasteiger partial charge in [0, 0.05) is 19.5 Å². The van der Waals surface area contributed by atoms with Crippen molar-refractivity contribution in [1.82, 2.24) is 4.90 Å². The first-order chi connectivity index (χ1) is 10.2. The number of epoxide rings is 1. The van der Waals surface area contributed by atoms with E-state index < -0.39 is 12.2 Å². The van der Waals surface area contributed by atoms with Gasteiger partial charge in [0.2, 0.25) is 0 Å². The average Bonchev–Trinajstić information content (AvgIpc) is 3.31. The fourth-order valence-corrected chi connectivity index (χ4v) is 2.31. The van der Waals surface area contributed by atoms with Gasteiger partial charge in [0.25, 0.3) is 5.91 Å². The first kappa shape index (κ1) is 15.9. The number of ether oxygens (including phenoxy) is 2. The summed E-state index contributed by atoms with van der Waals surface area (Å²) in [7, 11) is 0. The summed E-state index contributed by atoms with van der Waals surface area (Å²) >= 11 is 0. The van der Waals surface area contributed by atoms with Crippen molar-refractivity contribution in [3.8, 4) is 0 Å². The maximum absolute atomic E-state index is 12.1. The molecule has 1 amide bonds. The Hall–Kier alpha value is -1.46. The summed E-state index contributed by atoms with van der Waals surface area (Å²) < 4.78 is 10.5. The Morgan fingerprint density at radius 2 is 1.90 bits per heavy atom. The third kappa shape index (κ3) is 4.79. The summed E-state index contributed by atoms with van der Waals surface area (Å²) in [5.74, 6) is -0.0439. The van der Waals surface area contributed by atoms with Crippen LogP contribution >= 0.6 is 0 Å². The second-order valence-electron chi connectivity index (χ2n) is 5.20. The Balaban J connectivity index is 1.66. The van der Waals surface area contributed by atoms with Crippen LogP contribution in [0, 0.1) is 0 Å². The van der Waals surface area contributed by atoms with Crippen LogP contribution in [0.15, 0.2) is 24.3 Å². The second kappa shape index (κ2) is 8.10. The minimum absolute atomic E-state index is 0.0253. The van der Waals surface area contributed by atoms with Gasteiger partial charge in [-0.05, 0) is 19.8 Å². The summed E-state index contributed by atoms with van der Waals surface area (Å²) in [5.41, 5.74) is 0. The predicted octanol–water partition coefficient (Wildman–Crippen LogP) is 1.48. The van der Waals surface area contributed by atoms with Crippen molar-refractivity contribution in [3.63, 3.8) is 0 Å². The smallest absolute Gasteiger partial charge is 0.255 e. The molecule has 21 heavy (non-hydrogen) atoms. The number of morpholine rings is 1. The van der Waals surface area contributed by atoms with E-state index in [4.69, 9.17) is 9.47 Å². The molecule has 0 aromatic heterocycles. The summed E-state index contributed by atoms with van der Waals surface area (Å²) in [6.45, 7) is 4.29. The molecule has 5 nitrogen and oxygen atoms in total. The second-order valence-corrected chi connectivity index (χ2v) is 5.20. The topological polar surface area (TPSA) is 59.1 Å². The molecule has 2 rings (SSSR count). The number of allylic oxidation sites excluding steroid dienone is 4. The molecule has 2 saturated heterocycles. The van der Waals surface area contributed by atoms with E-state index in [2.05, 4.69) is 6.08 Å². The van der Waals surface area contributed by atoms with Crippen molar-refractivity contribution in [1.29, 1.82) is 0 Å². The molecule has 2 heterocycles. The summed E-state index contributed by atoms with van der Waals surface area (Å²) in [6, 6.07) is 0. The van der Waals surface area contributed by atoms with Crippen LogP contribution in [-0.4, -0.2) is 55.1 Å². The minimum atomic E-state index is -0.553. The zero-order chi connectivity index (χ0) is 15.1. The lowest BCUT2D eigenvalue weighted by Crippen LogP contribution is -2.43. The highest BCUT2D eigenvalue weighted by Gasteiger charge is 2.50. The molecule has 116 valence electrons.